The van der Waals surface area contributed by atoms with Gasteiger partial charge in [-0.05, 0) is 24.6 Å². The number of thiazole rings is 1. The third-order valence-corrected chi connectivity index (χ3v) is 4.27. The van der Waals surface area contributed by atoms with Crippen molar-refractivity contribution >= 4 is 46.2 Å². The number of nitrogens with zero attached hydrogens (tertiary/aromatic N) is 3. The summed E-state index contributed by atoms with van der Waals surface area (Å²) in [5.74, 6) is 1.64. The Hall–Kier alpha value is -1.81. The van der Waals surface area contributed by atoms with Gasteiger partial charge >= 0.3 is 0 Å². The van der Waals surface area contributed by atoms with Gasteiger partial charge in [-0.2, -0.15) is 0 Å². The predicted octanol–water partition coefficient (Wildman–Crippen LogP) is 3.28. The van der Waals surface area contributed by atoms with Crippen LogP contribution in [0.4, 0.5) is 0 Å². The Balaban J connectivity index is 0.00000225. The molecule has 0 aliphatic rings. The van der Waals surface area contributed by atoms with Crippen molar-refractivity contribution in [2.45, 2.75) is 20.0 Å². The molecule has 0 unspecified atom stereocenters. The Morgan fingerprint density at radius 2 is 2.08 bits per heavy atom. The van der Waals surface area contributed by atoms with Crippen molar-refractivity contribution in [3.63, 3.8) is 0 Å². The van der Waals surface area contributed by atoms with Crippen molar-refractivity contribution in [3.8, 4) is 5.75 Å². The molecule has 0 fully saturated rings. The van der Waals surface area contributed by atoms with Gasteiger partial charge in [-0.3, -0.25) is 4.40 Å². The van der Waals surface area contributed by atoms with Gasteiger partial charge in [0.25, 0.3) is 0 Å². The minimum atomic E-state index is 0. The van der Waals surface area contributed by atoms with Crippen LogP contribution in [-0.2, 0) is 13.1 Å². The maximum absolute atomic E-state index is 5.17. The molecule has 134 valence electrons. The van der Waals surface area contributed by atoms with Crippen LogP contribution in [0.3, 0.4) is 0 Å². The number of halogens is 1. The monoisotopic (exact) mass is 471 g/mol. The molecular formula is C17H22IN5OS. The van der Waals surface area contributed by atoms with E-state index in [1.54, 1.807) is 18.4 Å². The lowest BCUT2D eigenvalue weighted by molar-refractivity contribution is 0.414. The van der Waals surface area contributed by atoms with Crippen molar-refractivity contribution in [1.29, 1.82) is 0 Å². The average molecular weight is 471 g/mol. The third-order valence-electron chi connectivity index (χ3n) is 3.50. The average Bonchev–Trinajstić information content (AvgIpc) is 3.19. The van der Waals surface area contributed by atoms with Crippen LogP contribution in [0.15, 0.2) is 47.0 Å². The molecular weight excluding hydrogens is 449 g/mol. The number of aliphatic imine (C=N–C) groups is 1. The molecule has 0 saturated carbocycles. The highest BCUT2D eigenvalue weighted by Crippen LogP contribution is 2.12. The van der Waals surface area contributed by atoms with Crippen LogP contribution in [0.5, 0.6) is 5.75 Å². The molecule has 2 N–H and O–H groups in total. The molecule has 0 atom stereocenters. The number of guanidine groups is 1. The number of nitrogens with one attached hydrogen (secondary N) is 2. The Morgan fingerprint density at radius 3 is 2.76 bits per heavy atom. The van der Waals surface area contributed by atoms with Gasteiger partial charge in [-0.1, -0.05) is 12.1 Å². The molecule has 25 heavy (non-hydrogen) atoms. The van der Waals surface area contributed by atoms with E-state index in [0.717, 1.165) is 34.5 Å². The summed E-state index contributed by atoms with van der Waals surface area (Å²) in [6.07, 6.45) is 4.05. The van der Waals surface area contributed by atoms with E-state index in [0.29, 0.717) is 13.1 Å². The molecule has 2 aromatic heterocycles. The number of hydrogen-bond acceptors (Lipinski definition) is 4. The Morgan fingerprint density at radius 1 is 1.28 bits per heavy atom. The maximum atomic E-state index is 5.17. The zero-order valence-corrected chi connectivity index (χ0v) is 17.4. The van der Waals surface area contributed by atoms with Gasteiger partial charge in [0, 0.05) is 24.3 Å². The first-order chi connectivity index (χ1) is 11.8. The van der Waals surface area contributed by atoms with Crippen molar-refractivity contribution in [2.75, 3.05) is 13.7 Å². The molecule has 8 heteroatoms. The lowest BCUT2D eigenvalue weighted by Gasteiger charge is -2.10. The van der Waals surface area contributed by atoms with Crippen LogP contribution < -0.4 is 15.4 Å². The SMILES string of the molecule is CCNC(=NCc1ccc(OC)cc1)NCc1cn2ccsc2n1.I. The highest BCUT2D eigenvalue weighted by atomic mass is 127. The van der Waals surface area contributed by atoms with E-state index in [-0.39, 0.29) is 24.0 Å². The number of hydrogen-bond donors (Lipinski definition) is 2. The van der Waals surface area contributed by atoms with Gasteiger partial charge in [0.15, 0.2) is 10.9 Å². The largest absolute Gasteiger partial charge is 0.497 e. The smallest absolute Gasteiger partial charge is 0.193 e. The first-order valence-electron chi connectivity index (χ1n) is 7.84. The first kappa shape index (κ1) is 19.5. The normalized spacial score (nSPS) is 11.2. The summed E-state index contributed by atoms with van der Waals surface area (Å²) in [7, 11) is 1.67. The molecule has 0 amide bonds. The highest BCUT2D eigenvalue weighted by Gasteiger charge is 2.04. The Labute approximate surface area is 168 Å². The van der Waals surface area contributed by atoms with Gasteiger partial charge in [0.2, 0.25) is 0 Å². The minimum absolute atomic E-state index is 0. The molecule has 0 saturated heterocycles. The van der Waals surface area contributed by atoms with Crippen molar-refractivity contribution in [2.24, 2.45) is 4.99 Å². The van der Waals surface area contributed by atoms with Crippen LogP contribution in [0.2, 0.25) is 0 Å². The van der Waals surface area contributed by atoms with Gasteiger partial charge < -0.3 is 15.4 Å². The topological polar surface area (TPSA) is 63.0 Å². The summed E-state index contributed by atoms with van der Waals surface area (Å²) in [6, 6.07) is 7.94. The third kappa shape index (κ3) is 5.33. The highest BCUT2D eigenvalue weighted by molar-refractivity contribution is 14.0. The number of rotatable bonds is 6. The predicted molar refractivity (Wildman–Crippen MR) is 113 cm³/mol. The van der Waals surface area contributed by atoms with Crippen LogP contribution in [0.1, 0.15) is 18.2 Å². The van der Waals surface area contributed by atoms with E-state index >= 15 is 0 Å². The van der Waals surface area contributed by atoms with Gasteiger partial charge in [0.05, 0.1) is 25.9 Å². The lowest BCUT2D eigenvalue weighted by Crippen LogP contribution is -2.36. The maximum Gasteiger partial charge on any atom is 0.193 e. The van der Waals surface area contributed by atoms with Crippen molar-refractivity contribution in [3.05, 3.63) is 53.3 Å². The number of imidazole rings is 1. The summed E-state index contributed by atoms with van der Waals surface area (Å²) in [6.45, 7) is 4.12. The second kappa shape index (κ2) is 9.62. The fraction of sp³-hybridized carbons (Fsp3) is 0.294. The summed E-state index contributed by atoms with van der Waals surface area (Å²) >= 11 is 1.63. The van der Waals surface area contributed by atoms with Crippen LogP contribution >= 0.6 is 35.3 Å². The summed E-state index contributed by atoms with van der Waals surface area (Å²) in [4.78, 5) is 10.2. The zero-order chi connectivity index (χ0) is 16.8. The first-order valence-corrected chi connectivity index (χ1v) is 8.72. The van der Waals surface area contributed by atoms with Crippen LogP contribution in [0, 0.1) is 0 Å². The molecule has 2 heterocycles. The molecule has 6 nitrogen and oxygen atoms in total. The molecule has 0 radical (unpaired) electrons. The number of methoxy groups -OCH3 is 1. The fourth-order valence-electron chi connectivity index (χ4n) is 2.28. The van der Waals surface area contributed by atoms with Crippen molar-refractivity contribution in [1.82, 2.24) is 20.0 Å². The second-order valence-electron chi connectivity index (χ2n) is 5.22. The zero-order valence-electron chi connectivity index (χ0n) is 14.2. The molecule has 3 aromatic rings. The molecule has 0 bridgehead atoms. The van der Waals surface area contributed by atoms with E-state index in [1.165, 1.54) is 0 Å². The summed E-state index contributed by atoms with van der Waals surface area (Å²) < 4.78 is 7.20. The summed E-state index contributed by atoms with van der Waals surface area (Å²) in [5, 5.41) is 8.61. The fourth-order valence-corrected chi connectivity index (χ4v) is 3.00. The number of fused-ring (bicyclic) bond motifs is 1. The van der Waals surface area contributed by atoms with Crippen LogP contribution in [-0.4, -0.2) is 29.0 Å². The molecule has 3 rings (SSSR count). The van der Waals surface area contributed by atoms with Gasteiger partial charge in [-0.25, -0.2) is 9.98 Å². The lowest BCUT2D eigenvalue weighted by atomic mass is 10.2. The van der Waals surface area contributed by atoms with E-state index < -0.39 is 0 Å². The molecule has 0 spiro atoms. The Kier molecular flexibility index (Phi) is 7.51. The molecule has 0 aliphatic carbocycles. The minimum Gasteiger partial charge on any atom is -0.497 e. The quantitative estimate of drug-likeness (QED) is 0.329. The van der Waals surface area contributed by atoms with Crippen molar-refractivity contribution < 1.29 is 4.74 Å². The van der Waals surface area contributed by atoms with E-state index in [1.807, 2.05) is 46.4 Å². The number of ether oxygens (including phenoxy) is 1. The van der Waals surface area contributed by atoms with E-state index in [2.05, 4.69) is 27.5 Å². The van der Waals surface area contributed by atoms with E-state index in [9.17, 15) is 0 Å². The summed E-state index contributed by atoms with van der Waals surface area (Å²) in [5.41, 5.74) is 2.13. The van der Waals surface area contributed by atoms with Crippen LogP contribution in [0.25, 0.3) is 4.96 Å². The molecule has 1 aromatic carbocycles. The van der Waals surface area contributed by atoms with Gasteiger partial charge in [0.1, 0.15) is 5.75 Å². The van der Waals surface area contributed by atoms with Gasteiger partial charge in [-0.15, -0.1) is 35.3 Å². The van der Waals surface area contributed by atoms with E-state index in [4.69, 9.17) is 4.74 Å². The standard InChI is InChI=1S/C17H21N5OS.HI/c1-3-18-16(19-10-13-4-6-15(23-2)7-5-13)20-11-14-12-22-8-9-24-17(22)21-14;/h4-9,12H,3,10-11H2,1-2H3,(H2,18,19,20);1H. The number of benzene rings is 1. The Bertz CT molecular complexity index is 783. The molecule has 0 aliphatic heterocycles. The second-order valence-corrected chi connectivity index (χ2v) is 6.09. The number of aromatic nitrogens is 2.